The maximum atomic E-state index is 11.8. The van der Waals surface area contributed by atoms with E-state index < -0.39 is 0 Å². The number of nitrogen functional groups attached to an aromatic ring is 1. The largest absolute Gasteiger partial charge is 0.493 e. The van der Waals surface area contributed by atoms with E-state index in [4.69, 9.17) is 10.5 Å². The number of carbonyl (C=O) groups is 1. The van der Waals surface area contributed by atoms with E-state index in [-0.39, 0.29) is 17.9 Å². The predicted octanol–water partition coefficient (Wildman–Crippen LogP) is 1.95. The summed E-state index contributed by atoms with van der Waals surface area (Å²) in [6.45, 7) is 4.95. The second-order valence-electron chi connectivity index (χ2n) is 5.31. The fourth-order valence-electron chi connectivity index (χ4n) is 1.98. The van der Waals surface area contributed by atoms with Crippen LogP contribution in [0.3, 0.4) is 0 Å². The molecule has 0 atom stereocenters. The van der Waals surface area contributed by atoms with Gasteiger partial charge in [0.25, 0.3) is 0 Å². The van der Waals surface area contributed by atoms with Gasteiger partial charge in [-0.3, -0.25) is 4.79 Å². The number of aliphatic hydroxyl groups excluding tert-OH is 1. The third kappa shape index (κ3) is 5.63. The summed E-state index contributed by atoms with van der Waals surface area (Å²) in [5.41, 5.74) is 6.05. The molecule has 0 aliphatic rings. The average Bonchev–Trinajstić information content (AvgIpc) is 2.51. The Morgan fingerprint density at radius 3 is 2.43 bits per heavy atom. The van der Waals surface area contributed by atoms with E-state index in [1.807, 2.05) is 13.8 Å². The lowest BCUT2D eigenvalue weighted by Crippen LogP contribution is -2.39. The lowest BCUT2D eigenvalue weighted by molar-refractivity contribution is -0.122. The molecule has 0 unspecified atom stereocenters. The van der Waals surface area contributed by atoms with E-state index in [0.717, 1.165) is 12.8 Å². The van der Waals surface area contributed by atoms with E-state index in [0.29, 0.717) is 31.0 Å². The topological polar surface area (TPSA) is 84.6 Å². The lowest BCUT2D eigenvalue weighted by Gasteiger charge is -2.29. The second-order valence-corrected chi connectivity index (χ2v) is 5.31. The van der Waals surface area contributed by atoms with Gasteiger partial charge in [0.15, 0.2) is 0 Å². The van der Waals surface area contributed by atoms with Crippen molar-refractivity contribution in [2.75, 3.05) is 25.5 Å². The summed E-state index contributed by atoms with van der Waals surface area (Å²) < 4.78 is 5.48. The molecule has 0 aliphatic heterocycles. The Kier molecular flexibility index (Phi) is 7.02. The number of aliphatic hydroxyl groups is 1. The van der Waals surface area contributed by atoms with Crippen LogP contribution < -0.4 is 15.8 Å². The summed E-state index contributed by atoms with van der Waals surface area (Å²) in [6.07, 6.45) is 1.96. The van der Waals surface area contributed by atoms with Crippen molar-refractivity contribution >= 4 is 11.6 Å². The van der Waals surface area contributed by atoms with E-state index >= 15 is 0 Å². The van der Waals surface area contributed by atoms with Gasteiger partial charge in [-0.05, 0) is 37.1 Å². The molecular weight excluding hydrogens is 268 g/mol. The van der Waals surface area contributed by atoms with Gasteiger partial charge in [0.05, 0.1) is 19.6 Å². The fourth-order valence-corrected chi connectivity index (χ4v) is 1.98. The first-order valence-electron chi connectivity index (χ1n) is 7.41. The first-order valence-corrected chi connectivity index (χ1v) is 7.41. The number of rotatable bonds is 9. The number of hydrogen-bond donors (Lipinski definition) is 3. The lowest BCUT2D eigenvalue weighted by atomic mass is 9.83. The molecule has 0 aromatic heterocycles. The Labute approximate surface area is 126 Å². The van der Waals surface area contributed by atoms with Crippen LogP contribution >= 0.6 is 0 Å². The van der Waals surface area contributed by atoms with Crippen molar-refractivity contribution < 1.29 is 14.6 Å². The third-order valence-corrected chi connectivity index (χ3v) is 3.97. The highest BCUT2D eigenvalue weighted by Gasteiger charge is 2.25. The smallest absolute Gasteiger partial charge is 0.223 e. The molecule has 0 aliphatic carbocycles. The summed E-state index contributed by atoms with van der Waals surface area (Å²) in [5.74, 6) is 0.633. The Bertz CT molecular complexity index is 419. The van der Waals surface area contributed by atoms with Crippen LogP contribution in [0.4, 0.5) is 5.69 Å². The van der Waals surface area contributed by atoms with Gasteiger partial charge in [-0.25, -0.2) is 0 Å². The normalized spacial score (nSPS) is 11.2. The molecule has 0 spiro atoms. The molecule has 1 aromatic carbocycles. The molecule has 0 saturated heterocycles. The highest BCUT2D eigenvalue weighted by Crippen LogP contribution is 2.24. The number of ether oxygens (including phenoxy) is 1. The van der Waals surface area contributed by atoms with E-state index in [1.165, 1.54) is 0 Å². The minimum Gasteiger partial charge on any atom is -0.493 e. The number of hydrogen-bond acceptors (Lipinski definition) is 4. The summed E-state index contributed by atoms with van der Waals surface area (Å²) in [6, 6.07) is 7.07. The number of anilines is 1. The molecule has 0 saturated carbocycles. The van der Waals surface area contributed by atoms with Crippen LogP contribution in [0.1, 0.15) is 33.1 Å². The van der Waals surface area contributed by atoms with Crippen LogP contribution in [-0.2, 0) is 4.79 Å². The number of benzene rings is 1. The number of carbonyl (C=O) groups excluding carboxylic acids is 1. The number of nitrogens with one attached hydrogen (secondary N) is 1. The van der Waals surface area contributed by atoms with Crippen molar-refractivity contribution in [3.63, 3.8) is 0 Å². The van der Waals surface area contributed by atoms with Crippen LogP contribution in [0.25, 0.3) is 0 Å². The molecule has 4 N–H and O–H groups in total. The monoisotopic (exact) mass is 294 g/mol. The molecule has 21 heavy (non-hydrogen) atoms. The highest BCUT2D eigenvalue weighted by atomic mass is 16.5. The summed E-state index contributed by atoms with van der Waals surface area (Å²) in [4.78, 5) is 11.8. The van der Waals surface area contributed by atoms with Crippen molar-refractivity contribution in [2.24, 2.45) is 5.41 Å². The number of nitrogens with two attached hydrogens (primary N) is 1. The maximum absolute atomic E-state index is 11.8. The minimum absolute atomic E-state index is 0.0647. The van der Waals surface area contributed by atoms with Crippen molar-refractivity contribution in [3.05, 3.63) is 24.3 Å². The molecule has 118 valence electrons. The van der Waals surface area contributed by atoms with Crippen LogP contribution in [0.15, 0.2) is 24.3 Å². The molecule has 5 heteroatoms. The second kappa shape index (κ2) is 8.52. The third-order valence-electron chi connectivity index (χ3n) is 3.97. The quantitative estimate of drug-likeness (QED) is 0.608. The van der Waals surface area contributed by atoms with E-state index in [1.54, 1.807) is 24.3 Å². The zero-order valence-corrected chi connectivity index (χ0v) is 12.9. The first-order chi connectivity index (χ1) is 10.0. The molecular formula is C16H26N2O3. The molecule has 1 rings (SSSR count). The van der Waals surface area contributed by atoms with Crippen molar-refractivity contribution in [2.45, 2.75) is 33.1 Å². The van der Waals surface area contributed by atoms with Gasteiger partial charge in [0, 0.05) is 17.6 Å². The average molecular weight is 294 g/mol. The van der Waals surface area contributed by atoms with Crippen LogP contribution in [0.5, 0.6) is 5.75 Å². The van der Waals surface area contributed by atoms with Crippen molar-refractivity contribution in [1.82, 2.24) is 5.32 Å². The van der Waals surface area contributed by atoms with Gasteiger partial charge in [-0.1, -0.05) is 13.8 Å². The Morgan fingerprint density at radius 1 is 1.29 bits per heavy atom. The molecule has 0 radical (unpaired) electrons. The predicted molar refractivity (Wildman–Crippen MR) is 84.1 cm³/mol. The van der Waals surface area contributed by atoms with Crippen molar-refractivity contribution in [1.29, 1.82) is 0 Å². The van der Waals surface area contributed by atoms with Gasteiger partial charge < -0.3 is 20.9 Å². The maximum Gasteiger partial charge on any atom is 0.223 e. The standard InChI is InChI=1S/C16H26N2O3/c1-3-16(4-2,12-19)11-18-15(20)9-10-21-14-7-5-13(17)6-8-14/h5-8,19H,3-4,9-12,17H2,1-2H3,(H,18,20). The molecule has 0 bridgehead atoms. The van der Waals surface area contributed by atoms with Crippen LogP contribution in [0.2, 0.25) is 0 Å². The van der Waals surface area contributed by atoms with Gasteiger partial charge in [0.2, 0.25) is 5.91 Å². The van der Waals surface area contributed by atoms with Crippen LogP contribution in [-0.4, -0.2) is 30.8 Å². The molecule has 1 amide bonds. The molecule has 0 heterocycles. The molecule has 0 fully saturated rings. The molecule has 5 nitrogen and oxygen atoms in total. The van der Waals surface area contributed by atoms with E-state index in [2.05, 4.69) is 5.32 Å². The minimum atomic E-state index is -0.215. The summed E-state index contributed by atoms with van der Waals surface area (Å²) in [7, 11) is 0. The highest BCUT2D eigenvalue weighted by molar-refractivity contribution is 5.76. The Balaban J connectivity index is 2.29. The Morgan fingerprint density at radius 2 is 1.90 bits per heavy atom. The van der Waals surface area contributed by atoms with Gasteiger partial charge in [-0.15, -0.1) is 0 Å². The fraction of sp³-hybridized carbons (Fsp3) is 0.562. The zero-order chi connectivity index (χ0) is 15.7. The van der Waals surface area contributed by atoms with Gasteiger partial charge in [0.1, 0.15) is 5.75 Å². The SMILES string of the molecule is CCC(CC)(CO)CNC(=O)CCOc1ccc(N)cc1. The number of amides is 1. The molecule has 1 aromatic rings. The van der Waals surface area contributed by atoms with E-state index in [9.17, 15) is 9.90 Å². The van der Waals surface area contributed by atoms with Gasteiger partial charge in [-0.2, -0.15) is 0 Å². The Hall–Kier alpha value is -1.75. The summed E-state index contributed by atoms with van der Waals surface area (Å²) in [5, 5.41) is 12.3. The first kappa shape index (κ1) is 17.3. The van der Waals surface area contributed by atoms with Crippen molar-refractivity contribution in [3.8, 4) is 5.75 Å². The van der Waals surface area contributed by atoms with Crippen LogP contribution in [0, 0.1) is 5.41 Å². The summed E-state index contributed by atoms with van der Waals surface area (Å²) >= 11 is 0. The zero-order valence-electron chi connectivity index (χ0n) is 12.9. The van der Waals surface area contributed by atoms with Gasteiger partial charge >= 0.3 is 0 Å².